The number of hydrogen-bond acceptors (Lipinski definition) is 6. The van der Waals surface area contributed by atoms with E-state index in [4.69, 9.17) is 5.26 Å². The van der Waals surface area contributed by atoms with Crippen LogP contribution in [0.5, 0.6) is 0 Å². The van der Waals surface area contributed by atoms with E-state index in [1.54, 1.807) is 6.20 Å². The summed E-state index contributed by atoms with van der Waals surface area (Å²) in [4.78, 5) is 13.0. The normalized spacial score (nSPS) is 18.4. The molecule has 0 spiro atoms. The van der Waals surface area contributed by atoms with Crippen LogP contribution in [0.3, 0.4) is 0 Å². The predicted octanol–water partition coefficient (Wildman–Crippen LogP) is 0.786. The Kier molecular flexibility index (Phi) is 5.27. The van der Waals surface area contributed by atoms with Crippen molar-refractivity contribution in [2.24, 2.45) is 0 Å². The first-order chi connectivity index (χ1) is 9.70. The zero-order valence-electron chi connectivity index (χ0n) is 12.2. The standard InChI is InChI=1S/C14H22N6/c1-12(20-9-7-19(2)8-10-20)3-4-17-14-13(11-15)16-5-6-18-14/h5-6,12H,3-4,7-10H2,1-2H3,(H,17,18)/t12-/m1/s1. The van der Waals surface area contributed by atoms with Gasteiger partial charge in [0.25, 0.3) is 0 Å². The molecule has 1 aliphatic heterocycles. The molecule has 2 rings (SSSR count). The Bertz CT molecular complexity index is 461. The molecule has 1 aromatic heterocycles. The third-order valence-electron chi connectivity index (χ3n) is 3.82. The summed E-state index contributed by atoms with van der Waals surface area (Å²) in [6.07, 6.45) is 4.18. The molecule has 0 aliphatic carbocycles. The fraction of sp³-hybridized carbons (Fsp3) is 0.643. The maximum absolute atomic E-state index is 8.95. The molecule has 20 heavy (non-hydrogen) atoms. The molecule has 1 fully saturated rings. The van der Waals surface area contributed by atoms with E-state index < -0.39 is 0 Å². The lowest BCUT2D eigenvalue weighted by molar-refractivity contribution is 0.116. The number of anilines is 1. The number of aromatic nitrogens is 2. The third-order valence-corrected chi connectivity index (χ3v) is 3.82. The van der Waals surface area contributed by atoms with E-state index in [1.807, 2.05) is 6.07 Å². The van der Waals surface area contributed by atoms with Gasteiger partial charge in [0.15, 0.2) is 11.5 Å². The number of nitrogens with zero attached hydrogens (tertiary/aromatic N) is 5. The van der Waals surface area contributed by atoms with Gasteiger partial charge in [-0.1, -0.05) is 0 Å². The van der Waals surface area contributed by atoms with E-state index in [0.29, 0.717) is 17.6 Å². The zero-order valence-corrected chi connectivity index (χ0v) is 12.2. The van der Waals surface area contributed by atoms with Crippen LogP contribution in [-0.2, 0) is 0 Å². The quantitative estimate of drug-likeness (QED) is 0.856. The fourth-order valence-electron chi connectivity index (χ4n) is 2.39. The van der Waals surface area contributed by atoms with E-state index in [9.17, 15) is 0 Å². The highest BCUT2D eigenvalue weighted by atomic mass is 15.3. The minimum Gasteiger partial charge on any atom is -0.368 e. The second-order valence-corrected chi connectivity index (χ2v) is 5.27. The molecule has 1 aliphatic rings. The molecule has 0 aromatic carbocycles. The van der Waals surface area contributed by atoms with Gasteiger partial charge >= 0.3 is 0 Å². The van der Waals surface area contributed by atoms with Crippen molar-refractivity contribution in [2.75, 3.05) is 45.1 Å². The van der Waals surface area contributed by atoms with E-state index in [2.05, 4.69) is 39.1 Å². The molecule has 6 nitrogen and oxygen atoms in total. The van der Waals surface area contributed by atoms with Gasteiger partial charge in [-0.2, -0.15) is 5.26 Å². The Balaban J connectivity index is 1.77. The van der Waals surface area contributed by atoms with Gasteiger partial charge in [0.05, 0.1) is 0 Å². The zero-order chi connectivity index (χ0) is 14.4. The highest BCUT2D eigenvalue weighted by Gasteiger charge is 2.18. The van der Waals surface area contributed by atoms with Crippen LogP contribution < -0.4 is 5.32 Å². The first-order valence-corrected chi connectivity index (χ1v) is 7.08. The molecule has 1 saturated heterocycles. The molecule has 1 N–H and O–H groups in total. The summed E-state index contributed by atoms with van der Waals surface area (Å²) in [6, 6.07) is 2.59. The molecule has 1 atom stereocenters. The SMILES string of the molecule is C[C@H](CCNc1nccnc1C#N)N1CCN(C)CC1. The van der Waals surface area contributed by atoms with Crippen molar-refractivity contribution in [3.8, 4) is 6.07 Å². The van der Waals surface area contributed by atoms with Gasteiger partial charge in [-0.05, 0) is 20.4 Å². The third kappa shape index (κ3) is 3.89. The van der Waals surface area contributed by atoms with E-state index in [-0.39, 0.29) is 0 Å². The number of piperazine rings is 1. The Morgan fingerprint density at radius 1 is 1.30 bits per heavy atom. The van der Waals surface area contributed by atoms with E-state index in [0.717, 1.165) is 39.1 Å². The van der Waals surface area contributed by atoms with Gasteiger partial charge in [0.2, 0.25) is 0 Å². The summed E-state index contributed by atoms with van der Waals surface area (Å²) in [5.41, 5.74) is 0.361. The summed E-state index contributed by atoms with van der Waals surface area (Å²) >= 11 is 0. The molecule has 108 valence electrons. The summed E-state index contributed by atoms with van der Waals surface area (Å²) in [7, 11) is 2.17. The maximum atomic E-state index is 8.95. The number of rotatable bonds is 5. The summed E-state index contributed by atoms with van der Waals surface area (Å²) < 4.78 is 0. The number of likely N-dealkylation sites (N-methyl/N-ethyl adjacent to an activating group) is 1. The first kappa shape index (κ1) is 14.7. The highest BCUT2D eigenvalue weighted by molar-refractivity contribution is 5.46. The molecule has 0 unspecified atom stereocenters. The van der Waals surface area contributed by atoms with Crippen LogP contribution in [0.15, 0.2) is 12.4 Å². The predicted molar refractivity (Wildman–Crippen MR) is 78.4 cm³/mol. The summed E-state index contributed by atoms with van der Waals surface area (Å²) in [6.45, 7) is 7.61. The van der Waals surface area contributed by atoms with Crippen LogP contribution >= 0.6 is 0 Å². The second kappa shape index (κ2) is 7.17. The molecule has 6 heteroatoms. The van der Waals surface area contributed by atoms with Crippen molar-refractivity contribution in [2.45, 2.75) is 19.4 Å². The van der Waals surface area contributed by atoms with Crippen molar-refractivity contribution in [3.63, 3.8) is 0 Å². The Hall–Kier alpha value is -1.71. The van der Waals surface area contributed by atoms with Crippen LogP contribution in [0, 0.1) is 11.3 Å². The Morgan fingerprint density at radius 2 is 2.00 bits per heavy atom. The van der Waals surface area contributed by atoms with Crippen LogP contribution in [-0.4, -0.2) is 65.6 Å². The monoisotopic (exact) mass is 274 g/mol. The van der Waals surface area contributed by atoms with Crippen molar-refractivity contribution in [1.29, 1.82) is 5.26 Å². The van der Waals surface area contributed by atoms with Crippen LogP contribution in [0.1, 0.15) is 19.0 Å². The minimum atomic E-state index is 0.361. The summed E-state index contributed by atoms with van der Waals surface area (Å²) in [5.74, 6) is 0.584. The molecule has 0 radical (unpaired) electrons. The molecule has 1 aromatic rings. The molecule has 0 bridgehead atoms. The van der Waals surface area contributed by atoms with Gasteiger partial charge in [0, 0.05) is 51.2 Å². The molecular weight excluding hydrogens is 252 g/mol. The average Bonchev–Trinajstić information content (AvgIpc) is 2.48. The van der Waals surface area contributed by atoms with Gasteiger partial charge < -0.3 is 10.2 Å². The second-order valence-electron chi connectivity index (χ2n) is 5.27. The number of nitriles is 1. The first-order valence-electron chi connectivity index (χ1n) is 7.08. The van der Waals surface area contributed by atoms with Gasteiger partial charge in [-0.15, -0.1) is 0 Å². The van der Waals surface area contributed by atoms with Crippen LogP contribution in [0.2, 0.25) is 0 Å². The molecule has 0 saturated carbocycles. The van der Waals surface area contributed by atoms with Crippen molar-refractivity contribution < 1.29 is 0 Å². The van der Waals surface area contributed by atoms with Crippen LogP contribution in [0.4, 0.5) is 5.82 Å². The minimum absolute atomic E-state index is 0.361. The van der Waals surface area contributed by atoms with E-state index >= 15 is 0 Å². The van der Waals surface area contributed by atoms with Crippen molar-refractivity contribution in [1.82, 2.24) is 19.8 Å². The lowest BCUT2D eigenvalue weighted by Crippen LogP contribution is -2.48. The van der Waals surface area contributed by atoms with Gasteiger partial charge in [0.1, 0.15) is 6.07 Å². The highest BCUT2D eigenvalue weighted by Crippen LogP contribution is 2.10. The largest absolute Gasteiger partial charge is 0.368 e. The number of hydrogen-bond donors (Lipinski definition) is 1. The molecular formula is C14H22N6. The maximum Gasteiger partial charge on any atom is 0.182 e. The van der Waals surface area contributed by atoms with Gasteiger partial charge in [-0.3, -0.25) is 4.90 Å². The lowest BCUT2D eigenvalue weighted by Gasteiger charge is -2.36. The number of nitrogens with one attached hydrogen (secondary N) is 1. The average molecular weight is 274 g/mol. The Morgan fingerprint density at radius 3 is 2.70 bits per heavy atom. The Labute approximate surface area is 120 Å². The van der Waals surface area contributed by atoms with Crippen LogP contribution in [0.25, 0.3) is 0 Å². The fourth-order valence-corrected chi connectivity index (χ4v) is 2.39. The van der Waals surface area contributed by atoms with Gasteiger partial charge in [-0.25, -0.2) is 9.97 Å². The smallest absolute Gasteiger partial charge is 0.182 e. The van der Waals surface area contributed by atoms with Crippen molar-refractivity contribution in [3.05, 3.63) is 18.1 Å². The molecule has 2 heterocycles. The van der Waals surface area contributed by atoms with E-state index in [1.165, 1.54) is 6.20 Å². The van der Waals surface area contributed by atoms with Crippen molar-refractivity contribution >= 4 is 5.82 Å². The lowest BCUT2D eigenvalue weighted by atomic mass is 10.1. The topological polar surface area (TPSA) is 68.1 Å². The summed E-state index contributed by atoms with van der Waals surface area (Å²) in [5, 5.41) is 12.2. The molecule has 0 amide bonds.